The summed E-state index contributed by atoms with van der Waals surface area (Å²) in [6.45, 7) is 4.07. The summed E-state index contributed by atoms with van der Waals surface area (Å²) in [6, 6.07) is 63.9. The normalized spacial score (nSPS) is 14.9. The average molecular weight is 1400 g/mol. The van der Waals surface area contributed by atoms with Crippen LogP contribution in [0.3, 0.4) is 0 Å². The molecule has 0 spiro atoms. The van der Waals surface area contributed by atoms with E-state index in [4.69, 9.17) is 29.3 Å². The molecule has 25 nitrogen and oxygen atoms in total. The van der Waals surface area contributed by atoms with Crippen LogP contribution in [0.4, 0.5) is 0 Å². The van der Waals surface area contributed by atoms with Crippen LogP contribution in [-0.4, -0.2) is 141 Å². The first-order valence-electron chi connectivity index (χ1n) is 33.5. The number of aromatic nitrogens is 17. The van der Waals surface area contributed by atoms with E-state index in [1.807, 2.05) is 160 Å². The highest BCUT2D eigenvalue weighted by Gasteiger charge is 2.27. The Kier molecular flexibility index (Phi) is 19.0. The molecule has 5 aromatic heterocycles. The lowest BCUT2D eigenvalue weighted by molar-refractivity contribution is 0.425. The third-order valence-corrected chi connectivity index (χ3v) is 18.0. The number of H-pyrrole nitrogens is 1. The van der Waals surface area contributed by atoms with Gasteiger partial charge >= 0.3 is 22.5 Å². The van der Waals surface area contributed by atoms with Gasteiger partial charge in [-0.2, -0.15) is 0 Å². The van der Waals surface area contributed by atoms with E-state index in [1.165, 1.54) is 0 Å². The van der Waals surface area contributed by atoms with E-state index in [2.05, 4.69) is 117 Å². The second-order valence-electron chi connectivity index (χ2n) is 24.7. The van der Waals surface area contributed by atoms with Gasteiger partial charge in [-0.15, -0.1) is 81.6 Å². The fourth-order valence-electron chi connectivity index (χ4n) is 12.4. The molecule has 0 amide bonds. The first kappa shape index (κ1) is 67.4. The highest BCUT2D eigenvalue weighted by atomic mass is 16.5. The molecular formula is C79H54B3N19O6. The molecule has 0 fully saturated rings. The Hall–Kier alpha value is -14.0. The van der Waals surface area contributed by atoms with Crippen LogP contribution in [-0.2, 0) is 0 Å². The van der Waals surface area contributed by atoms with Crippen LogP contribution in [0.25, 0.3) is 113 Å². The van der Waals surface area contributed by atoms with Gasteiger partial charge in [-0.25, -0.2) is 9.98 Å². The molecule has 0 unspecified atom stereocenters. The van der Waals surface area contributed by atoms with Crippen LogP contribution in [0.2, 0.25) is 0 Å². The zero-order chi connectivity index (χ0) is 72.7. The fourth-order valence-corrected chi connectivity index (χ4v) is 12.4. The maximum Gasteiger partial charge on any atom is 0.569 e. The third-order valence-electron chi connectivity index (χ3n) is 18.0. The number of aliphatic imine (C=N–C) groups is 2. The Morgan fingerprint density at radius 3 is 1.00 bits per heavy atom. The van der Waals surface area contributed by atoms with E-state index in [9.17, 15) is 10.0 Å². The molecule has 3 aliphatic rings. The summed E-state index contributed by atoms with van der Waals surface area (Å²) in [7, 11) is -0.355. The van der Waals surface area contributed by atoms with E-state index < -0.39 is 7.12 Å². The van der Waals surface area contributed by atoms with Gasteiger partial charge in [-0.1, -0.05) is 163 Å². The molecule has 107 heavy (non-hydrogen) atoms. The number of hydrogen-bond donors (Lipinski definition) is 5. The van der Waals surface area contributed by atoms with Gasteiger partial charge in [0.2, 0.25) is 46.6 Å². The molecule has 0 saturated heterocycles. The molecule has 0 bridgehead atoms. The van der Waals surface area contributed by atoms with Crippen molar-refractivity contribution in [3.8, 4) is 103 Å². The third kappa shape index (κ3) is 14.6. The molecule has 1 aliphatic carbocycles. The van der Waals surface area contributed by atoms with Crippen LogP contribution >= 0.6 is 0 Å². The zero-order valence-corrected chi connectivity index (χ0v) is 56.8. The number of allylic oxidation sites excluding steroid dienone is 11. The van der Waals surface area contributed by atoms with Gasteiger partial charge in [0.1, 0.15) is 11.5 Å². The van der Waals surface area contributed by atoms with E-state index in [0.717, 1.165) is 101 Å². The largest absolute Gasteiger partial charge is 0.569 e. The van der Waals surface area contributed by atoms with E-state index >= 15 is 0 Å². The molecule has 16 rings (SSSR count). The van der Waals surface area contributed by atoms with E-state index in [0.29, 0.717) is 119 Å². The minimum atomic E-state index is -1.59. The zero-order valence-electron chi connectivity index (χ0n) is 56.8. The standard InChI is InChI=1S/C79H54B3N19O6/c1-45-5-7-51(8-6-45)72-86-90-74(91-87-72)53-19-11-48(12-20-53)69(66-40-39-64(84-66)46(2)47-9-17-52(18-10-47)73-88-96-77(97-89-73)56-27-33-61(34-28-56)82(104)105)59-25-26-60(44-59)70(49-13-21-54(22-14-49)75-92-98-78(99-93-75)57-29-35-62(36-30-57)106-80-102)67-41-42-68(85-67)71(65-4-3-43-83-65)50-15-23-55(24-16-50)76-94-100-79(101-95-76)58-31-37-63(38-32-58)107-81-103/h3-43,83,102-105H,44H2,1-2H3/b64-46+,69-59-,70-60-,71-68-. The van der Waals surface area contributed by atoms with Crippen molar-refractivity contribution >= 4 is 61.7 Å². The van der Waals surface area contributed by atoms with Crippen molar-refractivity contribution in [1.82, 2.24) is 86.6 Å². The Bertz CT molecular complexity index is 5750. The van der Waals surface area contributed by atoms with Crippen molar-refractivity contribution in [3.05, 3.63) is 305 Å². The van der Waals surface area contributed by atoms with Crippen LogP contribution in [0.1, 0.15) is 46.9 Å². The lowest BCUT2D eigenvalue weighted by Gasteiger charge is -2.14. The van der Waals surface area contributed by atoms with Gasteiger partial charge < -0.3 is 34.4 Å². The van der Waals surface area contributed by atoms with Crippen molar-refractivity contribution < 1.29 is 29.4 Å². The fraction of sp³-hybridized carbons (Fsp3) is 0.0380. The van der Waals surface area contributed by atoms with Crippen molar-refractivity contribution in [2.45, 2.75) is 20.3 Å². The monoisotopic (exact) mass is 1400 g/mol. The van der Waals surface area contributed by atoms with E-state index in [-0.39, 0.29) is 0 Å². The molecule has 0 atom stereocenters. The van der Waals surface area contributed by atoms with Crippen molar-refractivity contribution in [2.24, 2.45) is 9.98 Å². The summed E-state index contributed by atoms with van der Waals surface area (Å²) < 4.78 is 10.1. The van der Waals surface area contributed by atoms with Crippen molar-refractivity contribution in [2.75, 3.05) is 0 Å². The molecule has 2 radical (unpaired) electrons. The Morgan fingerprint density at radius 2 is 0.664 bits per heavy atom. The van der Waals surface area contributed by atoms with Crippen LogP contribution < -0.4 is 14.8 Å². The Balaban J connectivity index is 0.758. The second kappa shape index (κ2) is 30.1. The minimum absolute atomic E-state index is 0.298. The molecule has 8 aromatic carbocycles. The maximum atomic E-state index is 9.55. The number of rotatable bonds is 20. The number of nitrogens with zero attached hydrogens (tertiary/aromatic N) is 18. The molecule has 28 heteroatoms. The van der Waals surface area contributed by atoms with Gasteiger partial charge in [0.05, 0.1) is 22.8 Å². The molecule has 13 aromatic rings. The summed E-state index contributed by atoms with van der Waals surface area (Å²) in [4.78, 5) is 14.4. The van der Waals surface area contributed by atoms with Crippen LogP contribution in [0.15, 0.2) is 281 Å². The highest BCUT2D eigenvalue weighted by Crippen LogP contribution is 2.41. The smallest absolute Gasteiger partial charge is 0.537 e. The first-order chi connectivity index (χ1) is 52.5. The van der Waals surface area contributed by atoms with Crippen molar-refractivity contribution in [3.63, 3.8) is 0 Å². The average Bonchev–Trinajstić information content (AvgIpc) is 1.64. The maximum absolute atomic E-state index is 9.55. The molecule has 2 aliphatic heterocycles. The lowest BCUT2D eigenvalue weighted by Crippen LogP contribution is -2.29. The predicted octanol–water partition coefficient (Wildman–Crippen LogP) is 10.5. The number of hydrogen-bond acceptors (Lipinski definition) is 24. The Labute approximate surface area is 612 Å². The van der Waals surface area contributed by atoms with Gasteiger partial charge in [0.15, 0.2) is 0 Å². The van der Waals surface area contributed by atoms with Gasteiger partial charge in [-0.05, 0) is 150 Å². The SMILES string of the molecule is C/C(=C1/C=CC(C(=C2C=C/C(=C(C3=N/C(=C(/c4ccc(-c5nnc(-c6ccc(O[B]O)cc6)nn5)cc4)c4ccc[nH]4)C=C3)\c3ccc(-c4nnc(-c5ccc(O[B]O)cc5)nn4)cc3)C/2)/c2ccc(-c3nnc(-c4ccc(C)cc4)nn3)cc2)=N1)c1ccc(-c2nnc(-c3ccc(B(O)O)cc3)nn2)cc1. The number of nitrogens with one attached hydrogen (secondary N) is 1. The van der Waals surface area contributed by atoms with E-state index in [1.54, 1.807) is 72.8 Å². The highest BCUT2D eigenvalue weighted by molar-refractivity contribution is 6.58. The molecule has 7 heterocycles. The molecule has 0 saturated carbocycles. The minimum Gasteiger partial charge on any atom is -0.537 e. The summed E-state index contributed by atoms with van der Waals surface area (Å²) in [5.74, 6) is 3.64. The summed E-state index contributed by atoms with van der Waals surface area (Å²) in [5, 5.41) is 108. The first-order valence-corrected chi connectivity index (χ1v) is 33.5. The van der Waals surface area contributed by atoms with Gasteiger partial charge in [0, 0.05) is 73.1 Å². The Morgan fingerprint density at radius 1 is 0.355 bits per heavy atom. The molecule has 5 N–H and O–H groups in total. The number of aromatic amines is 1. The topological polar surface area (TPSA) is 346 Å². The molecular weight excluding hydrogens is 1340 g/mol. The summed E-state index contributed by atoms with van der Waals surface area (Å²) in [5.41, 5.74) is 20.1. The van der Waals surface area contributed by atoms with Crippen LogP contribution in [0, 0.1) is 6.92 Å². The second-order valence-corrected chi connectivity index (χ2v) is 24.7. The summed E-state index contributed by atoms with van der Waals surface area (Å²) >= 11 is 0. The van der Waals surface area contributed by atoms with Crippen LogP contribution in [0.5, 0.6) is 11.5 Å². The molecule has 510 valence electrons. The van der Waals surface area contributed by atoms with Gasteiger partial charge in [-0.3, -0.25) is 0 Å². The lowest BCUT2D eigenvalue weighted by atomic mass is 9.80. The summed E-state index contributed by atoms with van der Waals surface area (Å²) in [6.07, 6.45) is 14.8. The predicted molar refractivity (Wildman–Crippen MR) is 406 cm³/mol. The van der Waals surface area contributed by atoms with Gasteiger partial charge in [0.25, 0.3) is 0 Å². The quantitative estimate of drug-likeness (QED) is 0.0443. The number of benzene rings is 8. The van der Waals surface area contributed by atoms with Crippen molar-refractivity contribution in [1.29, 1.82) is 0 Å². The number of aryl methyl sites for hydroxylation is 1.